The van der Waals surface area contributed by atoms with E-state index in [1.54, 1.807) is 0 Å². The van der Waals surface area contributed by atoms with Crippen LogP contribution in [0.15, 0.2) is 36.4 Å². The summed E-state index contributed by atoms with van der Waals surface area (Å²) < 4.78 is 0. The van der Waals surface area contributed by atoms with Crippen molar-refractivity contribution in [2.24, 2.45) is 11.3 Å². The van der Waals surface area contributed by atoms with Crippen molar-refractivity contribution < 1.29 is 10.2 Å². The van der Waals surface area contributed by atoms with Crippen LogP contribution in [0.4, 0.5) is 0 Å². The smallest absolute Gasteiger partial charge is 0.118 e. The molecule has 4 fully saturated rings. The molecule has 0 amide bonds. The maximum atomic E-state index is 10.1. The Morgan fingerprint density at radius 2 is 1.29 bits per heavy atom. The van der Waals surface area contributed by atoms with Crippen LogP contribution < -0.4 is 0 Å². The van der Waals surface area contributed by atoms with Crippen LogP contribution in [0.1, 0.15) is 74.1 Å². The zero-order chi connectivity index (χ0) is 19.7. The maximum absolute atomic E-state index is 10.1. The molecule has 2 aromatic rings. The second-order valence-electron chi connectivity index (χ2n) is 10.4. The highest BCUT2D eigenvalue weighted by atomic mass is 16.3. The summed E-state index contributed by atoms with van der Waals surface area (Å²) in [7, 11) is 0. The van der Waals surface area contributed by atoms with Crippen LogP contribution in [0.3, 0.4) is 0 Å². The van der Waals surface area contributed by atoms with Gasteiger partial charge in [-0.1, -0.05) is 37.6 Å². The van der Waals surface area contributed by atoms with E-state index in [9.17, 15) is 10.2 Å². The van der Waals surface area contributed by atoms with Gasteiger partial charge in [0.25, 0.3) is 0 Å². The Bertz CT molecular complexity index is 876. The summed E-state index contributed by atoms with van der Waals surface area (Å²) in [5.74, 6) is 1.59. The van der Waals surface area contributed by atoms with E-state index in [1.807, 2.05) is 26.0 Å². The molecule has 2 nitrogen and oxygen atoms in total. The first-order chi connectivity index (χ1) is 13.3. The van der Waals surface area contributed by atoms with Crippen LogP contribution in [-0.4, -0.2) is 10.2 Å². The van der Waals surface area contributed by atoms with Crippen LogP contribution in [0.25, 0.3) is 0 Å². The van der Waals surface area contributed by atoms with Gasteiger partial charge < -0.3 is 10.2 Å². The molecule has 0 spiro atoms. The van der Waals surface area contributed by atoms with Crippen molar-refractivity contribution in [3.63, 3.8) is 0 Å². The van der Waals surface area contributed by atoms with Gasteiger partial charge in [-0.15, -0.1) is 0 Å². The van der Waals surface area contributed by atoms with Gasteiger partial charge in [-0.2, -0.15) is 0 Å². The Labute approximate surface area is 168 Å². The third-order valence-corrected chi connectivity index (χ3v) is 8.55. The second-order valence-corrected chi connectivity index (χ2v) is 10.4. The molecule has 0 radical (unpaired) electrons. The minimum absolute atomic E-state index is 0.222. The van der Waals surface area contributed by atoms with Gasteiger partial charge in [0.1, 0.15) is 11.5 Å². The Morgan fingerprint density at radius 3 is 1.71 bits per heavy atom. The summed E-state index contributed by atoms with van der Waals surface area (Å²) >= 11 is 0. The zero-order valence-corrected chi connectivity index (χ0v) is 17.4. The molecule has 2 atom stereocenters. The number of hydrogen-bond donors (Lipinski definition) is 2. The minimum atomic E-state index is 0.222. The predicted octanol–water partition coefficient (Wildman–Crippen LogP) is 6.28. The summed E-state index contributed by atoms with van der Waals surface area (Å²) in [6.07, 6.45) is 8.98. The number of aryl methyl sites for hydroxylation is 2. The van der Waals surface area contributed by atoms with E-state index in [0.717, 1.165) is 17.0 Å². The molecular formula is C26H32O2. The average molecular weight is 377 g/mol. The van der Waals surface area contributed by atoms with Gasteiger partial charge in [0.15, 0.2) is 0 Å². The molecule has 2 aromatic carbocycles. The molecule has 0 saturated heterocycles. The first-order valence-electron chi connectivity index (χ1n) is 10.9. The van der Waals surface area contributed by atoms with Gasteiger partial charge in [0.05, 0.1) is 0 Å². The first-order valence-corrected chi connectivity index (χ1v) is 10.9. The molecule has 28 heavy (non-hydrogen) atoms. The van der Waals surface area contributed by atoms with Gasteiger partial charge in [-0.25, -0.2) is 0 Å². The summed E-state index contributed by atoms with van der Waals surface area (Å²) in [5.41, 5.74) is 5.73. The van der Waals surface area contributed by atoms with Crippen LogP contribution >= 0.6 is 0 Å². The topological polar surface area (TPSA) is 40.5 Å². The van der Waals surface area contributed by atoms with Gasteiger partial charge >= 0.3 is 0 Å². The molecule has 0 heterocycles. The minimum Gasteiger partial charge on any atom is -0.508 e. The molecule has 6 rings (SSSR count). The van der Waals surface area contributed by atoms with Gasteiger partial charge in [-0.05, 0) is 109 Å². The van der Waals surface area contributed by atoms with Crippen molar-refractivity contribution in [2.75, 3.05) is 0 Å². The van der Waals surface area contributed by atoms with E-state index in [0.29, 0.717) is 16.9 Å². The molecule has 148 valence electrons. The molecular weight excluding hydrogens is 344 g/mol. The van der Waals surface area contributed by atoms with Crippen molar-refractivity contribution in [3.8, 4) is 11.5 Å². The second kappa shape index (κ2) is 5.78. The number of phenolic OH excluding ortho intramolecular Hbond substituents is 2. The van der Waals surface area contributed by atoms with Crippen molar-refractivity contribution >= 4 is 0 Å². The van der Waals surface area contributed by atoms with E-state index in [1.165, 1.54) is 56.1 Å². The van der Waals surface area contributed by atoms with E-state index < -0.39 is 0 Å². The van der Waals surface area contributed by atoms with Crippen molar-refractivity contribution in [1.29, 1.82) is 0 Å². The quantitative estimate of drug-likeness (QED) is 0.661. The Morgan fingerprint density at radius 1 is 0.786 bits per heavy atom. The van der Waals surface area contributed by atoms with Crippen LogP contribution in [0, 0.1) is 25.2 Å². The highest BCUT2D eigenvalue weighted by molar-refractivity contribution is 5.45. The number of hydrogen-bond acceptors (Lipinski definition) is 2. The third kappa shape index (κ3) is 2.46. The van der Waals surface area contributed by atoms with Crippen molar-refractivity contribution in [3.05, 3.63) is 58.7 Å². The average Bonchev–Trinajstić information content (AvgIpc) is 2.65. The fourth-order valence-electron chi connectivity index (χ4n) is 7.65. The molecule has 4 bridgehead atoms. The highest BCUT2D eigenvalue weighted by Crippen LogP contribution is 2.71. The van der Waals surface area contributed by atoms with Crippen LogP contribution in [0.2, 0.25) is 0 Å². The van der Waals surface area contributed by atoms with E-state index in [-0.39, 0.29) is 10.8 Å². The molecule has 4 aliphatic carbocycles. The van der Waals surface area contributed by atoms with E-state index in [2.05, 4.69) is 31.2 Å². The standard InChI is InChI=1S/C26H32O2/c1-4-24-11-19-12-25(14-24,20-5-7-22(27)17(2)9-20)16-26(13-19,15-24)21-6-8-23(28)18(3)10-21/h5-10,19,27-28H,4,11-16H2,1-3H3. The fourth-order valence-corrected chi connectivity index (χ4v) is 7.65. The lowest BCUT2D eigenvalue weighted by Gasteiger charge is -2.67. The number of phenols is 2. The van der Waals surface area contributed by atoms with Crippen molar-refractivity contribution in [2.45, 2.75) is 76.5 Å². The Balaban J connectivity index is 1.66. The zero-order valence-electron chi connectivity index (χ0n) is 17.4. The monoisotopic (exact) mass is 376 g/mol. The lowest BCUT2D eigenvalue weighted by atomic mass is 9.37. The van der Waals surface area contributed by atoms with E-state index >= 15 is 0 Å². The first kappa shape index (κ1) is 18.1. The third-order valence-electron chi connectivity index (χ3n) is 8.55. The Kier molecular flexibility index (Phi) is 3.73. The number of aromatic hydroxyl groups is 2. The number of benzene rings is 2. The predicted molar refractivity (Wildman–Crippen MR) is 113 cm³/mol. The van der Waals surface area contributed by atoms with Gasteiger partial charge in [0.2, 0.25) is 0 Å². The Hall–Kier alpha value is -1.96. The molecule has 2 N–H and O–H groups in total. The normalized spacial score (nSPS) is 36.0. The van der Waals surface area contributed by atoms with Crippen molar-refractivity contribution in [1.82, 2.24) is 0 Å². The van der Waals surface area contributed by atoms with Crippen LogP contribution in [0.5, 0.6) is 11.5 Å². The summed E-state index contributed by atoms with van der Waals surface area (Å²) in [5, 5.41) is 20.2. The van der Waals surface area contributed by atoms with Gasteiger partial charge in [-0.3, -0.25) is 0 Å². The van der Waals surface area contributed by atoms with Crippen LogP contribution in [-0.2, 0) is 10.8 Å². The lowest BCUT2D eigenvalue weighted by Crippen LogP contribution is -2.60. The SMILES string of the molecule is CCC12CC3CC(c4ccc(O)c(C)c4)(C1)CC(c1ccc(O)c(C)c1)(C3)C2. The molecule has 0 aliphatic heterocycles. The summed E-state index contributed by atoms with van der Waals surface area (Å²) in [6.45, 7) is 6.43. The molecule has 4 saturated carbocycles. The molecule has 2 heteroatoms. The highest BCUT2D eigenvalue weighted by Gasteiger charge is 2.63. The lowest BCUT2D eigenvalue weighted by molar-refractivity contribution is -0.0920. The van der Waals surface area contributed by atoms with E-state index in [4.69, 9.17) is 0 Å². The molecule has 4 aliphatic rings. The summed E-state index contributed by atoms with van der Waals surface area (Å²) in [4.78, 5) is 0. The number of rotatable bonds is 3. The van der Waals surface area contributed by atoms with Gasteiger partial charge in [0, 0.05) is 0 Å². The maximum Gasteiger partial charge on any atom is 0.118 e. The summed E-state index contributed by atoms with van der Waals surface area (Å²) in [6, 6.07) is 12.7. The fraction of sp³-hybridized carbons (Fsp3) is 0.538. The largest absolute Gasteiger partial charge is 0.508 e. The molecule has 2 unspecified atom stereocenters. The molecule has 0 aromatic heterocycles.